The Bertz CT molecular complexity index is 592. The number of benzene rings is 1. The smallest absolute Gasteiger partial charge is 0.125 e. The summed E-state index contributed by atoms with van der Waals surface area (Å²) in [4.78, 5) is 0. The van der Waals surface area contributed by atoms with E-state index in [0.717, 1.165) is 39.3 Å². The number of hydrogen-bond acceptors (Lipinski definition) is 3. The van der Waals surface area contributed by atoms with Crippen molar-refractivity contribution < 1.29 is 9.15 Å². The number of ether oxygens (including phenoxy) is 1. The summed E-state index contributed by atoms with van der Waals surface area (Å²) >= 11 is 3.58. The molecule has 2 aromatic rings. The van der Waals surface area contributed by atoms with Crippen LogP contribution in [0.3, 0.4) is 0 Å². The highest BCUT2D eigenvalue weighted by Gasteiger charge is 2.21. The molecule has 0 bridgehead atoms. The van der Waals surface area contributed by atoms with Crippen LogP contribution < -0.4 is 10.1 Å². The molecule has 0 saturated heterocycles. The molecular weight excluding hydrogens is 318 g/mol. The lowest BCUT2D eigenvalue weighted by molar-refractivity contribution is 0.392. The Balaban J connectivity index is 2.48. The van der Waals surface area contributed by atoms with Gasteiger partial charge in [-0.1, -0.05) is 22.9 Å². The molecule has 1 atom stereocenters. The quantitative estimate of drug-likeness (QED) is 0.886. The minimum Gasteiger partial charge on any atom is -0.496 e. The Morgan fingerprint density at radius 1 is 1.35 bits per heavy atom. The van der Waals surface area contributed by atoms with E-state index in [0.29, 0.717) is 0 Å². The van der Waals surface area contributed by atoms with Crippen molar-refractivity contribution in [3.63, 3.8) is 0 Å². The number of nitrogens with one attached hydrogen (secondary N) is 1. The molecule has 1 N–H and O–H groups in total. The number of hydrogen-bond donors (Lipinski definition) is 1. The summed E-state index contributed by atoms with van der Waals surface area (Å²) in [7, 11) is 3.62. The summed E-state index contributed by atoms with van der Waals surface area (Å²) in [5, 5.41) is 3.30. The number of furan rings is 1. The molecule has 1 aromatic carbocycles. The zero-order valence-electron chi connectivity index (χ0n) is 12.3. The van der Waals surface area contributed by atoms with Gasteiger partial charge in [0.1, 0.15) is 17.3 Å². The van der Waals surface area contributed by atoms with E-state index in [1.807, 2.05) is 32.2 Å². The molecule has 2 rings (SSSR count). The average molecular weight is 338 g/mol. The first-order valence-corrected chi connectivity index (χ1v) is 7.49. The summed E-state index contributed by atoms with van der Waals surface area (Å²) < 4.78 is 12.5. The van der Waals surface area contributed by atoms with E-state index in [1.54, 1.807) is 7.11 Å². The van der Waals surface area contributed by atoms with Crippen LogP contribution in [-0.2, 0) is 6.42 Å². The van der Waals surface area contributed by atoms with Crippen LogP contribution in [0.2, 0.25) is 0 Å². The van der Waals surface area contributed by atoms with Crippen molar-refractivity contribution in [1.29, 1.82) is 0 Å². The van der Waals surface area contributed by atoms with E-state index in [9.17, 15) is 0 Å². The molecular formula is C16H20BrNO2. The zero-order valence-corrected chi connectivity index (χ0v) is 13.9. The molecule has 3 nitrogen and oxygen atoms in total. The van der Waals surface area contributed by atoms with Crippen molar-refractivity contribution in [2.75, 3.05) is 14.2 Å². The highest BCUT2D eigenvalue weighted by molar-refractivity contribution is 9.10. The number of halogens is 1. The molecule has 0 spiro atoms. The summed E-state index contributed by atoms with van der Waals surface area (Å²) in [6, 6.07) is 8.14. The van der Waals surface area contributed by atoms with Gasteiger partial charge in [-0.2, -0.15) is 0 Å². The molecule has 0 amide bonds. The maximum Gasteiger partial charge on any atom is 0.125 e. The van der Waals surface area contributed by atoms with Crippen LogP contribution >= 0.6 is 15.9 Å². The monoisotopic (exact) mass is 337 g/mol. The third kappa shape index (κ3) is 2.91. The Morgan fingerprint density at radius 2 is 2.10 bits per heavy atom. The maximum atomic E-state index is 5.88. The van der Waals surface area contributed by atoms with E-state index in [1.165, 1.54) is 0 Å². The SMILES string of the molecule is CCc1ccc(C(NC)c2cc(Br)c(C)cc2OC)o1. The van der Waals surface area contributed by atoms with Gasteiger partial charge >= 0.3 is 0 Å². The second-order valence-electron chi connectivity index (χ2n) is 4.72. The van der Waals surface area contributed by atoms with Crippen LogP contribution in [0.4, 0.5) is 0 Å². The van der Waals surface area contributed by atoms with Crippen molar-refractivity contribution in [1.82, 2.24) is 5.32 Å². The Hall–Kier alpha value is -1.26. The van der Waals surface area contributed by atoms with Crippen molar-refractivity contribution in [3.05, 3.63) is 51.4 Å². The third-order valence-corrected chi connectivity index (χ3v) is 4.28. The van der Waals surface area contributed by atoms with Gasteiger partial charge in [-0.25, -0.2) is 0 Å². The van der Waals surface area contributed by atoms with Gasteiger partial charge in [-0.05, 0) is 43.8 Å². The summed E-state index contributed by atoms with van der Waals surface area (Å²) in [5.74, 6) is 2.75. The molecule has 1 unspecified atom stereocenters. The number of aryl methyl sites for hydroxylation is 2. The minimum atomic E-state index is -0.0258. The molecule has 1 aromatic heterocycles. The lowest BCUT2D eigenvalue weighted by atomic mass is 10.0. The molecule has 0 fully saturated rings. The summed E-state index contributed by atoms with van der Waals surface area (Å²) in [6.07, 6.45) is 0.894. The molecule has 108 valence electrons. The minimum absolute atomic E-state index is 0.0258. The van der Waals surface area contributed by atoms with Crippen molar-refractivity contribution >= 4 is 15.9 Å². The fourth-order valence-corrected chi connectivity index (χ4v) is 2.62. The van der Waals surface area contributed by atoms with Gasteiger partial charge in [-0.15, -0.1) is 0 Å². The molecule has 0 aliphatic heterocycles. The van der Waals surface area contributed by atoms with Crippen LogP contribution in [0.1, 0.15) is 35.6 Å². The van der Waals surface area contributed by atoms with E-state index in [4.69, 9.17) is 9.15 Å². The Morgan fingerprint density at radius 3 is 2.65 bits per heavy atom. The molecule has 0 aliphatic carbocycles. The Kier molecular flexibility index (Phi) is 4.89. The van der Waals surface area contributed by atoms with E-state index < -0.39 is 0 Å². The van der Waals surface area contributed by atoms with Gasteiger partial charge in [-0.3, -0.25) is 0 Å². The van der Waals surface area contributed by atoms with Crippen LogP contribution in [0.15, 0.2) is 33.2 Å². The Labute approximate surface area is 128 Å². The van der Waals surface area contributed by atoms with E-state index >= 15 is 0 Å². The highest BCUT2D eigenvalue weighted by Crippen LogP contribution is 2.34. The predicted molar refractivity (Wildman–Crippen MR) is 84.4 cm³/mol. The standard InChI is InChI=1S/C16H20BrNO2/c1-5-11-6-7-14(20-11)16(18-3)12-9-13(17)10(2)8-15(12)19-4/h6-9,16,18H,5H2,1-4H3. The van der Waals surface area contributed by atoms with Crippen LogP contribution in [-0.4, -0.2) is 14.2 Å². The fourth-order valence-electron chi connectivity index (χ4n) is 2.26. The van der Waals surface area contributed by atoms with Crippen molar-refractivity contribution in [2.24, 2.45) is 0 Å². The van der Waals surface area contributed by atoms with Crippen molar-refractivity contribution in [3.8, 4) is 5.75 Å². The molecule has 0 radical (unpaired) electrons. The molecule has 4 heteroatoms. The first kappa shape index (κ1) is 15.1. The molecule has 20 heavy (non-hydrogen) atoms. The van der Waals surface area contributed by atoms with Gasteiger partial charge in [0.2, 0.25) is 0 Å². The van der Waals surface area contributed by atoms with E-state index in [2.05, 4.69) is 34.2 Å². The largest absolute Gasteiger partial charge is 0.496 e. The highest BCUT2D eigenvalue weighted by atomic mass is 79.9. The lowest BCUT2D eigenvalue weighted by Gasteiger charge is -2.19. The fraction of sp³-hybridized carbons (Fsp3) is 0.375. The number of methoxy groups -OCH3 is 1. The second-order valence-corrected chi connectivity index (χ2v) is 5.58. The normalized spacial score (nSPS) is 12.4. The third-order valence-electron chi connectivity index (χ3n) is 3.43. The van der Waals surface area contributed by atoms with Gasteiger partial charge in [0.25, 0.3) is 0 Å². The summed E-state index contributed by atoms with van der Waals surface area (Å²) in [5.41, 5.74) is 2.21. The van der Waals surface area contributed by atoms with Gasteiger partial charge < -0.3 is 14.5 Å². The summed E-state index contributed by atoms with van der Waals surface area (Å²) in [6.45, 7) is 4.13. The topological polar surface area (TPSA) is 34.4 Å². The average Bonchev–Trinajstić information content (AvgIpc) is 2.92. The van der Waals surface area contributed by atoms with Crippen molar-refractivity contribution in [2.45, 2.75) is 26.3 Å². The second kappa shape index (κ2) is 6.46. The van der Waals surface area contributed by atoms with E-state index in [-0.39, 0.29) is 6.04 Å². The lowest BCUT2D eigenvalue weighted by Crippen LogP contribution is -2.18. The first-order chi connectivity index (χ1) is 9.60. The molecule has 0 aliphatic rings. The zero-order chi connectivity index (χ0) is 14.7. The van der Waals surface area contributed by atoms with Gasteiger partial charge in [0.15, 0.2) is 0 Å². The maximum absolute atomic E-state index is 5.88. The molecule has 0 saturated carbocycles. The van der Waals surface area contributed by atoms with Crippen LogP contribution in [0.25, 0.3) is 0 Å². The predicted octanol–water partition coefficient (Wildman–Crippen LogP) is 4.23. The molecule has 1 heterocycles. The number of rotatable bonds is 5. The van der Waals surface area contributed by atoms with Crippen LogP contribution in [0.5, 0.6) is 5.75 Å². The van der Waals surface area contributed by atoms with Gasteiger partial charge in [0.05, 0.1) is 13.2 Å². The van der Waals surface area contributed by atoms with Gasteiger partial charge in [0, 0.05) is 16.5 Å². The first-order valence-electron chi connectivity index (χ1n) is 6.70. The van der Waals surface area contributed by atoms with Crippen LogP contribution in [0, 0.1) is 6.92 Å².